The first-order valence-electron chi connectivity index (χ1n) is 6.11. The average Bonchev–Trinajstić information content (AvgIpc) is 2.92. The number of hydrogen-bond acceptors (Lipinski definition) is 4. The summed E-state index contributed by atoms with van der Waals surface area (Å²) in [6.07, 6.45) is 1.57. The predicted octanol–water partition coefficient (Wildman–Crippen LogP) is 0.296. The highest BCUT2D eigenvalue weighted by molar-refractivity contribution is 6.07. The van der Waals surface area contributed by atoms with Crippen molar-refractivity contribution in [1.29, 1.82) is 0 Å². The Hall–Kier alpha value is -2.64. The van der Waals surface area contributed by atoms with Gasteiger partial charge in [0.2, 0.25) is 0 Å². The molecule has 0 saturated carbocycles. The number of carbonyl (C=O) groups excluding carboxylic acids is 2. The normalized spacial score (nSPS) is 10.6. The van der Waals surface area contributed by atoms with Crippen molar-refractivity contribution in [2.24, 2.45) is 12.8 Å². The van der Waals surface area contributed by atoms with Gasteiger partial charge in [-0.1, -0.05) is 0 Å². The van der Waals surface area contributed by atoms with Crippen LogP contribution in [0.15, 0.2) is 12.3 Å². The van der Waals surface area contributed by atoms with Crippen LogP contribution >= 0.6 is 0 Å². The van der Waals surface area contributed by atoms with Gasteiger partial charge in [-0.05, 0) is 19.9 Å². The molecule has 0 spiro atoms. The zero-order valence-corrected chi connectivity index (χ0v) is 11.5. The van der Waals surface area contributed by atoms with Crippen LogP contribution in [0.4, 0.5) is 5.69 Å². The van der Waals surface area contributed by atoms with Crippen LogP contribution in [0.2, 0.25) is 0 Å². The first-order valence-corrected chi connectivity index (χ1v) is 6.11. The number of hydrogen-bond donors (Lipinski definition) is 2. The molecular weight excluding hydrogens is 260 g/mol. The summed E-state index contributed by atoms with van der Waals surface area (Å²) >= 11 is 0. The minimum atomic E-state index is -0.686. The van der Waals surface area contributed by atoms with Crippen LogP contribution in [0.25, 0.3) is 0 Å². The third-order valence-corrected chi connectivity index (χ3v) is 2.80. The Bertz CT molecular complexity index is 670. The summed E-state index contributed by atoms with van der Waals surface area (Å²) in [5, 5.41) is 10.7. The van der Waals surface area contributed by atoms with Gasteiger partial charge in [0.1, 0.15) is 5.69 Å². The van der Waals surface area contributed by atoms with E-state index in [-0.39, 0.29) is 11.6 Å². The smallest absolute Gasteiger partial charge is 0.274 e. The number of primary amides is 1. The molecule has 8 nitrogen and oxygen atoms in total. The average molecular weight is 276 g/mol. The molecule has 3 N–H and O–H groups in total. The quantitative estimate of drug-likeness (QED) is 0.837. The fourth-order valence-electron chi connectivity index (χ4n) is 1.87. The van der Waals surface area contributed by atoms with E-state index in [0.29, 0.717) is 17.9 Å². The van der Waals surface area contributed by atoms with Gasteiger partial charge in [0.25, 0.3) is 11.8 Å². The van der Waals surface area contributed by atoms with Crippen LogP contribution in [0, 0.1) is 6.92 Å². The summed E-state index contributed by atoms with van der Waals surface area (Å²) < 4.78 is 3.00. The molecule has 2 aromatic rings. The van der Waals surface area contributed by atoms with Crippen molar-refractivity contribution in [2.45, 2.75) is 20.4 Å². The molecule has 0 aromatic carbocycles. The Labute approximate surface area is 115 Å². The molecule has 2 amide bonds. The van der Waals surface area contributed by atoms with E-state index in [1.54, 1.807) is 26.2 Å². The zero-order valence-electron chi connectivity index (χ0n) is 11.5. The maximum atomic E-state index is 12.2. The Morgan fingerprint density at radius 3 is 2.60 bits per heavy atom. The first-order chi connectivity index (χ1) is 9.42. The molecule has 106 valence electrons. The number of nitrogens with two attached hydrogens (primary N) is 1. The minimum absolute atomic E-state index is 0.0408. The number of rotatable bonds is 4. The van der Waals surface area contributed by atoms with Crippen LogP contribution in [-0.4, -0.2) is 31.4 Å². The number of aryl methyl sites for hydroxylation is 3. The summed E-state index contributed by atoms with van der Waals surface area (Å²) in [7, 11) is 1.67. The molecule has 8 heteroatoms. The zero-order chi connectivity index (χ0) is 14.9. The van der Waals surface area contributed by atoms with E-state index in [1.165, 1.54) is 9.36 Å². The first kappa shape index (κ1) is 13.8. The number of anilines is 1. The maximum absolute atomic E-state index is 12.2. The summed E-state index contributed by atoms with van der Waals surface area (Å²) in [5.41, 5.74) is 6.71. The van der Waals surface area contributed by atoms with Gasteiger partial charge in [0, 0.05) is 19.8 Å². The Kier molecular flexibility index (Phi) is 3.55. The third kappa shape index (κ3) is 2.53. The van der Waals surface area contributed by atoms with Crippen molar-refractivity contribution in [2.75, 3.05) is 5.32 Å². The summed E-state index contributed by atoms with van der Waals surface area (Å²) in [6, 6.07) is 1.66. The molecule has 0 fully saturated rings. The number of carbonyl (C=O) groups is 2. The van der Waals surface area contributed by atoms with E-state index in [1.807, 2.05) is 6.92 Å². The van der Waals surface area contributed by atoms with E-state index in [2.05, 4.69) is 15.5 Å². The van der Waals surface area contributed by atoms with Gasteiger partial charge in [0.05, 0.1) is 11.4 Å². The molecule has 0 aliphatic rings. The summed E-state index contributed by atoms with van der Waals surface area (Å²) in [6.45, 7) is 4.23. The Morgan fingerprint density at radius 1 is 1.40 bits per heavy atom. The van der Waals surface area contributed by atoms with Crippen molar-refractivity contribution in [3.8, 4) is 0 Å². The molecule has 0 aliphatic carbocycles. The van der Waals surface area contributed by atoms with Gasteiger partial charge in [0.15, 0.2) is 5.69 Å². The van der Waals surface area contributed by atoms with Crippen molar-refractivity contribution >= 4 is 17.5 Å². The van der Waals surface area contributed by atoms with Gasteiger partial charge in [-0.2, -0.15) is 10.2 Å². The van der Waals surface area contributed by atoms with E-state index in [9.17, 15) is 9.59 Å². The highest BCUT2D eigenvalue weighted by Crippen LogP contribution is 2.15. The standard InChI is InChI=1S/C12H16N6O2/c1-4-18-6-8(10(16-18)11(13)19)14-12(20)9-5-7(2)15-17(9)3/h5-6H,4H2,1-3H3,(H2,13,19)(H,14,20). The molecule has 0 saturated heterocycles. The second-order valence-corrected chi connectivity index (χ2v) is 4.36. The minimum Gasteiger partial charge on any atom is -0.364 e. The van der Waals surface area contributed by atoms with Crippen LogP contribution in [0.3, 0.4) is 0 Å². The highest BCUT2D eigenvalue weighted by Gasteiger charge is 2.18. The largest absolute Gasteiger partial charge is 0.364 e. The van der Waals surface area contributed by atoms with Crippen molar-refractivity contribution in [3.63, 3.8) is 0 Å². The van der Waals surface area contributed by atoms with Crippen molar-refractivity contribution in [1.82, 2.24) is 19.6 Å². The van der Waals surface area contributed by atoms with Crippen LogP contribution in [0.5, 0.6) is 0 Å². The molecule has 2 heterocycles. The van der Waals surface area contributed by atoms with Gasteiger partial charge in [-0.15, -0.1) is 0 Å². The fraction of sp³-hybridized carbons (Fsp3) is 0.333. The lowest BCUT2D eigenvalue weighted by Crippen LogP contribution is -2.19. The molecule has 2 aromatic heterocycles. The van der Waals surface area contributed by atoms with Gasteiger partial charge < -0.3 is 11.1 Å². The number of nitrogens with one attached hydrogen (secondary N) is 1. The molecule has 20 heavy (non-hydrogen) atoms. The van der Waals surface area contributed by atoms with E-state index < -0.39 is 5.91 Å². The molecular formula is C12H16N6O2. The van der Waals surface area contributed by atoms with Crippen LogP contribution in [0.1, 0.15) is 33.6 Å². The summed E-state index contributed by atoms with van der Waals surface area (Å²) in [4.78, 5) is 23.5. The monoisotopic (exact) mass is 276 g/mol. The van der Waals surface area contributed by atoms with Crippen LogP contribution < -0.4 is 11.1 Å². The van der Waals surface area contributed by atoms with E-state index in [4.69, 9.17) is 5.73 Å². The molecule has 2 rings (SSSR count). The maximum Gasteiger partial charge on any atom is 0.274 e. The Balaban J connectivity index is 2.30. The van der Waals surface area contributed by atoms with E-state index in [0.717, 1.165) is 5.69 Å². The highest BCUT2D eigenvalue weighted by atomic mass is 16.2. The molecule has 0 atom stereocenters. The number of nitrogens with zero attached hydrogens (tertiary/aromatic N) is 4. The lowest BCUT2D eigenvalue weighted by molar-refractivity contribution is 0.0995. The molecule has 0 radical (unpaired) electrons. The van der Waals surface area contributed by atoms with Gasteiger partial charge in [-0.3, -0.25) is 19.0 Å². The fourth-order valence-corrected chi connectivity index (χ4v) is 1.87. The lowest BCUT2D eigenvalue weighted by atomic mass is 10.3. The third-order valence-electron chi connectivity index (χ3n) is 2.80. The predicted molar refractivity (Wildman–Crippen MR) is 72.3 cm³/mol. The summed E-state index contributed by atoms with van der Waals surface area (Å²) in [5.74, 6) is -1.06. The molecule has 0 unspecified atom stereocenters. The van der Waals surface area contributed by atoms with Crippen molar-refractivity contribution < 1.29 is 9.59 Å². The second kappa shape index (κ2) is 5.16. The van der Waals surface area contributed by atoms with Gasteiger partial charge in [-0.25, -0.2) is 0 Å². The van der Waals surface area contributed by atoms with E-state index >= 15 is 0 Å². The topological polar surface area (TPSA) is 108 Å². The number of aromatic nitrogens is 4. The molecule has 0 bridgehead atoms. The van der Waals surface area contributed by atoms with Crippen molar-refractivity contribution in [3.05, 3.63) is 29.3 Å². The Morgan fingerprint density at radius 2 is 2.10 bits per heavy atom. The van der Waals surface area contributed by atoms with Crippen LogP contribution in [-0.2, 0) is 13.6 Å². The molecule has 0 aliphatic heterocycles. The second-order valence-electron chi connectivity index (χ2n) is 4.36. The SMILES string of the molecule is CCn1cc(NC(=O)c2cc(C)nn2C)c(C(N)=O)n1. The number of amides is 2. The lowest BCUT2D eigenvalue weighted by Gasteiger charge is -2.03. The van der Waals surface area contributed by atoms with Gasteiger partial charge >= 0.3 is 0 Å².